The molecule has 0 saturated heterocycles. The lowest BCUT2D eigenvalue weighted by atomic mass is 10.0. The molecule has 184 valence electrons. The highest BCUT2D eigenvalue weighted by Gasteiger charge is 2.07. The largest absolute Gasteiger partial charge is 0.494 e. The van der Waals surface area contributed by atoms with Crippen LogP contribution in [0.15, 0.2) is 48.5 Å². The first-order valence-electron chi connectivity index (χ1n) is 13.7. The minimum atomic E-state index is 0.150. The van der Waals surface area contributed by atoms with Gasteiger partial charge in [-0.25, -0.2) is 0 Å². The standard InChI is InChI=1S/C31H48O2/c1-4-6-8-9-10-11-12-13-14-16-25-32-27(3)28-17-19-29(20-18-28)30-21-23-31(24-22-30)33-26-15-7-5-2/h17-24,27H,4-16,25-26H2,1-3H3. The van der Waals surface area contributed by atoms with Crippen molar-refractivity contribution in [2.24, 2.45) is 0 Å². The van der Waals surface area contributed by atoms with Gasteiger partial charge in [0.25, 0.3) is 0 Å². The molecule has 0 fully saturated rings. The first kappa shape index (κ1) is 27.4. The lowest BCUT2D eigenvalue weighted by Crippen LogP contribution is -2.01. The van der Waals surface area contributed by atoms with Crippen LogP contribution in [0.4, 0.5) is 0 Å². The van der Waals surface area contributed by atoms with Gasteiger partial charge in [0.05, 0.1) is 12.7 Å². The van der Waals surface area contributed by atoms with Gasteiger partial charge in [-0.15, -0.1) is 0 Å². The third-order valence-corrected chi connectivity index (χ3v) is 6.45. The van der Waals surface area contributed by atoms with E-state index in [9.17, 15) is 0 Å². The average Bonchev–Trinajstić information content (AvgIpc) is 2.85. The van der Waals surface area contributed by atoms with Gasteiger partial charge >= 0.3 is 0 Å². The predicted molar refractivity (Wildman–Crippen MR) is 143 cm³/mol. The van der Waals surface area contributed by atoms with Crippen molar-refractivity contribution in [1.82, 2.24) is 0 Å². The topological polar surface area (TPSA) is 18.5 Å². The second kappa shape index (κ2) is 17.6. The summed E-state index contributed by atoms with van der Waals surface area (Å²) in [7, 11) is 0. The number of unbranched alkanes of at least 4 members (excludes halogenated alkanes) is 11. The molecule has 0 saturated carbocycles. The summed E-state index contributed by atoms with van der Waals surface area (Å²) >= 11 is 0. The third-order valence-electron chi connectivity index (χ3n) is 6.45. The Bertz CT molecular complexity index is 705. The Kier molecular flexibility index (Phi) is 14.7. The van der Waals surface area contributed by atoms with Crippen molar-refractivity contribution in [3.63, 3.8) is 0 Å². The molecule has 0 aliphatic heterocycles. The van der Waals surface area contributed by atoms with E-state index in [0.717, 1.165) is 25.4 Å². The second-order valence-electron chi connectivity index (χ2n) is 9.40. The quantitative estimate of drug-likeness (QED) is 0.197. The van der Waals surface area contributed by atoms with Crippen molar-refractivity contribution < 1.29 is 9.47 Å². The minimum absolute atomic E-state index is 0.150. The third kappa shape index (κ3) is 11.8. The molecule has 0 heterocycles. The molecule has 1 unspecified atom stereocenters. The van der Waals surface area contributed by atoms with E-state index in [2.05, 4.69) is 69.3 Å². The van der Waals surface area contributed by atoms with Gasteiger partial charge < -0.3 is 9.47 Å². The van der Waals surface area contributed by atoms with Gasteiger partial charge in [0.15, 0.2) is 0 Å². The van der Waals surface area contributed by atoms with Crippen LogP contribution in [0.3, 0.4) is 0 Å². The van der Waals surface area contributed by atoms with Crippen molar-refractivity contribution in [2.45, 2.75) is 110 Å². The molecule has 0 aromatic heterocycles. The van der Waals surface area contributed by atoms with Gasteiger partial charge in [-0.1, -0.05) is 121 Å². The van der Waals surface area contributed by atoms with Crippen LogP contribution in [0.5, 0.6) is 5.75 Å². The van der Waals surface area contributed by atoms with E-state index >= 15 is 0 Å². The summed E-state index contributed by atoms with van der Waals surface area (Å²) < 4.78 is 11.9. The maximum Gasteiger partial charge on any atom is 0.119 e. The van der Waals surface area contributed by atoms with Gasteiger partial charge in [-0.05, 0) is 48.6 Å². The molecule has 1 atom stereocenters. The fourth-order valence-corrected chi connectivity index (χ4v) is 4.18. The average molecular weight is 453 g/mol. The summed E-state index contributed by atoms with van der Waals surface area (Å²) in [5.41, 5.74) is 3.71. The molecule has 0 amide bonds. The van der Waals surface area contributed by atoms with Gasteiger partial charge in [-0.2, -0.15) is 0 Å². The Morgan fingerprint density at radius 1 is 0.545 bits per heavy atom. The Labute approximate surface area is 204 Å². The Balaban J connectivity index is 1.62. The van der Waals surface area contributed by atoms with E-state index in [-0.39, 0.29) is 6.10 Å². The Hall–Kier alpha value is -1.80. The Morgan fingerprint density at radius 3 is 1.58 bits per heavy atom. The lowest BCUT2D eigenvalue weighted by Gasteiger charge is -2.14. The van der Waals surface area contributed by atoms with Crippen LogP contribution in [-0.4, -0.2) is 13.2 Å². The minimum Gasteiger partial charge on any atom is -0.494 e. The van der Waals surface area contributed by atoms with Crippen LogP contribution in [0.1, 0.15) is 116 Å². The number of hydrogen-bond donors (Lipinski definition) is 0. The zero-order valence-electron chi connectivity index (χ0n) is 21.6. The van der Waals surface area contributed by atoms with Gasteiger partial charge in [0, 0.05) is 6.61 Å². The van der Waals surface area contributed by atoms with Gasteiger partial charge in [0.1, 0.15) is 5.75 Å². The molecule has 2 aromatic carbocycles. The summed E-state index contributed by atoms with van der Waals surface area (Å²) in [6, 6.07) is 17.3. The van der Waals surface area contributed by atoms with E-state index in [1.807, 2.05) is 0 Å². The van der Waals surface area contributed by atoms with Crippen molar-refractivity contribution in [2.75, 3.05) is 13.2 Å². The zero-order valence-corrected chi connectivity index (χ0v) is 21.6. The molecule has 33 heavy (non-hydrogen) atoms. The monoisotopic (exact) mass is 452 g/mol. The lowest BCUT2D eigenvalue weighted by molar-refractivity contribution is 0.0627. The molecule has 2 nitrogen and oxygen atoms in total. The highest BCUT2D eigenvalue weighted by Crippen LogP contribution is 2.25. The van der Waals surface area contributed by atoms with E-state index in [4.69, 9.17) is 9.47 Å². The summed E-state index contributed by atoms with van der Waals surface area (Å²) in [5, 5.41) is 0. The molecule has 0 spiro atoms. The molecular formula is C31H48O2. The maximum atomic E-state index is 6.10. The number of ether oxygens (including phenoxy) is 2. The van der Waals surface area contributed by atoms with Crippen LogP contribution >= 0.6 is 0 Å². The molecule has 0 N–H and O–H groups in total. The molecule has 2 heteroatoms. The van der Waals surface area contributed by atoms with Crippen LogP contribution < -0.4 is 4.74 Å². The molecule has 0 aliphatic carbocycles. The summed E-state index contributed by atoms with van der Waals surface area (Å²) in [4.78, 5) is 0. The number of benzene rings is 2. The first-order valence-corrected chi connectivity index (χ1v) is 13.7. The van der Waals surface area contributed by atoms with E-state index in [1.165, 1.54) is 93.7 Å². The normalized spacial score (nSPS) is 12.1. The molecule has 2 rings (SSSR count). The molecular weight excluding hydrogens is 404 g/mol. The number of hydrogen-bond acceptors (Lipinski definition) is 2. The smallest absolute Gasteiger partial charge is 0.119 e. The SMILES string of the molecule is CCCCCCCCCCCCOC(C)c1ccc(-c2ccc(OCCCCC)cc2)cc1. The highest BCUT2D eigenvalue weighted by atomic mass is 16.5. The molecule has 0 bridgehead atoms. The van der Waals surface area contributed by atoms with Crippen LogP contribution in [0.25, 0.3) is 11.1 Å². The fourth-order valence-electron chi connectivity index (χ4n) is 4.18. The van der Waals surface area contributed by atoms with Crippen LogP contribution in [-0.2, 0) is 4.74 Å². The second-order valence-corrected chi connectivity index (χ2v) is 9.40. The molecule has 0 aliphatic rings. The van der Waals surface area contributed by atoms with Gasteiger partial charge in [0.2, 0.25) is 0 Å². The Morgan fingerprint density at radius 2 is 1.00 bits per heavy atom. The van der Waals surface area contributed by atoms with Crippen LogP contribution in [0.2, 0.25) is 0 Å². The zero-order chi connectivity index (χ0) is 23.6. The summed E-state index contributed by atoms with van der Waals surface area (Å²) in [6.45, 7) is 8.32. The highest BCUT2D eigenvalue weighted by molar-refractivity contribution is 5.64. The van der Waals surface area contributed by atoms with Crippen LogP contribution in [0, 0.1) is 0 Å². The van der Waals surface area contributed by atoms with Crippen molar-refractivity contribution >= 4 is 0 Å². The fraction of sp³-hybridized carbons (Fsp3) is 0.613. The molecule has 2 aromatic rings. The number of rotatable bonds is 19. The van der Waals surface area contributed by atoms with E-state index in [0.29, 0.717) is 0 Å². The molecule has 0 radical (unpaired) electrons. The maximum absolute atomic E-state index is 6.10. The predicted octanol–water partition coefficient (Wildman–Crippen LogP) is 9.92. The van der Waals surface area contributed by atoms with Crippen molar-refractivity contribution in [1.29, 1.82) is 0 Å². The van der Waals surface area contributed by atoms with Crippen molar-refractivity contribution in [3.8, 4) is 16.9 Å². The first-order chi connectivity index (χ1) is 16.2. The van der Waals surface area contributed by atoms with Gasteiger partial charge in [-0.3, -0.25) is 0 Å². The van der Waals surface area contributed by atoms with Crippen molar-refractivity contribution in [3.05, 3.63) is 54.1 Å². The summed E-state index contributed by atoms with van der Waals surface area (Å²) in [6.07, 6.45) is 17.3. The summed E-state index contributed by atoms with van der Waals surface area (Å²) in [5.74, 6) is 0.959. The van der Waals surface area contributed by atoms with E-state index in [1.54, 1.807) is 0 Å². The van der Waals surface area contributed by atoms with E-state index < -0.39 is 0 Å².